The summed E-state index contributed by atoms with van der Waals surface area (Å²) in [5, 5.41) is 6.66. The molecule has 6 heteroatoms. The summed E-state index contributed by atoms with van der Waals surface area (Å²) in [7, 11) is 0. The van der Waals surface area contributed by atoms with Crippen molar-refractivity contribution in [1.29, 1.82) is 0 Å². The molecule has 2 fully saturated rings. The number of carbonyl (C=O) groups is 1. The van der Waals surface area contributed by atoms with E-state index in [0.717, 1.165) is 45.6 Å². The minimum Gasteiger partial charge on any atom is -0.337 e. The largest absolute Gasteiger partial charge is 0.337 e. The van der Waals surface area contributed by atoms with E-state index < -0.39 is 0 Å². The van der Waals surface area contributed by atoms with Gasteiger partial charge in [0.2, 0.25) is 0 Å². The first-order valence-corrected chi connectivity index (χ1v) is 9.14. The van der Waals surface area contributed by atoms with E-state index in [1.54, 1.807) is 12.3 Å². The number of amides is 1. The van der Waals surface area contributed by atoms with Gasteiger partial charge in [0.05, 0.1) is 0 Å². The summed E-state index contributed by atoms with van der Waals surface area (Å²) in [6.45, 7) is 5.00. The molecule has 2 aromatic heterocycles. The normalized spacial score (nSPS) is 20.7. The van der Waals surface area contributed by atoms with Crippen LogP contribution in [0.3, 0.4) is 0 Å². The van der Waals surface area contributed by atoms with Gasteiger partial charge in [-0.15, -0.1) is 0 Å². The predicted molar refractivity (Wildman–Crippen MR) is 94.9 cm³/mol. The van der Waals surface area contributed by atoms with E-state index in [4.69, 9.17) is 0 Å². The fourth-order valence-electron chi connectivity index (χ4n) is 4.16. The number of piperidine rings is 2. The molecule has 0 saturated carbocycles. The van der Waals surface area contributed by atoms with Crippen molar-refractivity contribution in [2.24, 2.45) is 5.41 Å². The molecule has 0 radical (unpaired) electrons. The van der Waals surface area contributed by atoms with E-state index in [9.17, 15) is 4.79 Å². The molecule has 1 N–H and O–H groups in total. The number of H-pyrrole nitrogens is 1. The van der Waals surface area contributed by atoms with Gasteiger partial charge in [-0.2, -0.15) is 5.10 Å². The van der Waals surface area contributed by atoms with E-state index in [2.05, 4.69) is 26.1 Å². The number of hydrogen-bond donors (Lipinski definition) is 1. The number of rotatable bonds is 3. The van der Waals surface area contributed by atoms with Crippen LogP contribution in [0.4, 0.5) is 0 Å². The van der Waals surface area contributed by atoms with Crippen LogP contribution in [-0.4, -0.2) is 57.1 Å². The van der Waals surface area contributed by atoms with Gasteiger partial charge in [-0.1, -0.05) is 6.07 Å². The lowest BCUT2D eigenvalue weighted by Gasteiger charge is -2.46. The quantitative estimate of drug-likeness (QED) is 0.932. The summed E-state index contributed by atoms with van der Waals surface area (Å²) in [4.78, 5) is 21.1. The Morgan fingerprint density at radius 2 is 1.84 bits per heavy atom. The minimum absolute atomic E-state index is 0.0846. The van der Waals surface area contributed by atoms with Gasteiger partial charge in [0.25, 0.3) is 5.91 Å². The monoisotopic (exact) mass is 339 g/mol. The summed E-state index contributed by atoms with van der Waals surface area (Å²) < 4.78 is 0. The maximum atomic E-state index is 12.4. The Morgan fingerprint density at radius 3 is 2.48 bits per heavy atom. The van der Waals surface area contributed by atoms with Gasteiger partial charge in [0.1, 0.15) is 5.69 Å². The van der Waals surface area contributed by atoms with E-state index in [0.29, 0.717) is 11.1 Å². The Morgan fingerprint density at radius 1 is 1.08 bits per heavy atom. The van der Waals surface area contributed by atoms with Crippen LogP contribution >= 0.6 is 0 Å². The van der Waals surface area contributed by atoms with Crippen LogP contribution in [0.5, 0.6) is 0 Å². The fourth-order valence-corrected chi connectivity index (χ4v) is 4.16. The number of likely N-dealkylation sites (tertiary alicyclic amines) is 2. The molecule has 1 amide bonds. The lowest BCUT2D eigenvalue weighted by molar-refractivity contribution is 0.0282. The standard InChI is InChI=1S/C19H25N5O/c25-18(17-3-9-21-22-17)24-12-6-19(7-13-24)4-10-23(11-5-19)15-16-2-1-8-20-14-16/h1-3,8-9,14H,4-7,10-13,15H2,(H,21,22). The van der Waals surface area contributed by atoms with Crippen molar-refractivity contribution in [2.75, 3.05) is 26.2 Å². The predicted octanol–water partition coefficient (Wildman–Crippen LogP) is 2.32. The second-order valence-corrected chi connectivity index (χ2v) is 7.40. The van der Waals surface area contributed by atoms with Crippen molar-refractivity contribution in [2.45, 2.75) is 32.2 Å². The van der Waals surface area contributed by atoms with E-state index in [1.807, 2.05) is 23.4 Å². The molecule has 2 aliphatic heterocycles. The molecule has 6 nitrogen and oxygen atoms in total. The molecule has 0 aliphatic carbocycles. The summed E-state index contributed by atoms with van der Waals surface area (Å²) >= 11 is 0. The summed E-state index contributed by atoms with van der Waals surface area (Å²) in [6, 6.07) is 5.91. The van der Waals surface area contributed by atoms with Crippen molar-refractivity contribution < 1.29 is 4.79 Å². The number of aromatic nitrogens is 3. The molecule has 2 aromatic rings. The SMILES string of the molecule is O=C(c1ccn[nH]1)N1CCC2(CCN(Cc3cccnc3)CC2)CC1. The highest BCUT2D eigenvalue weighted by atomic mass is 16.2. The zero-order chi connectivity index (χ0) is 17.1. The third-order valence-corrected chi connectivity index (χ3v) is 5.89. The number of carbonyl (C=O) groups excluding carboxylic acids is 1. The first kappa shape index (κ1) is 16.3. The molecular weight excluding hydrogens is 314 g/mol. The number of nitrogens with one attached hydrogen (secondary N) is 1. The summed E-state index contributed by atoms with van der Waals surface area (Å²) in [6.07, 6.45) is 10.1. The van der Waals surface area contributed by atoms with Gasteiger partial charge >= 0.3 is 0 Å². The number of nitrogens with zero attached hydrogens (tertiary/aromatic N) is 4. The Balaban J connectivity index is 1.29. The van der Waals surface area contributed by atoms with E-state index >= 15 is 0 Å². The molecule has 25 heavy (non-hydrogen) atoms. The van der Waals surface area contributed by atoms with Crippen molar-refractivity contribution in [3.63, 3.8) is 0 Å². The average Bonchev–Trinajstić information content (AvgIpc) is 3.20. The molecule has 2 saturated heterocycles. The highest BCUT2D eigenvalue weighted by molar-refractivity contribution is 5.92. The molecule has 2 aliphatic rings. The summed E-state index contributed by atoms with van der Waals surface area (Å²) in [5.41, 5.74) is 2.32. The van der Waals surface area contributed by atoms with Crippen LogP contribution in [0.1, 0.15) is 41.7 Å². The van der Waals surface area contributed by atoms with Gasteiger partial charge < -0.3 is 4.90 Å². The number of aromatic amines is 1. The second kappa shape index (κ2) is 6.96. The lowest BCUT2D eigenvalue weighted by Crippen LogP contribution is -2.48. The fraction of sp³-hybridized carbons (Fsp3) is 0.526. The van der Waals surface area contributed by atoms with Crippen molar-refractivity contribution >= 4 is 5.91 Å². The minimum atomic E-state index is 0.0846. The third kappa shape index (κ3) is 3.58. The third-order valence-electron chi connectivity index (χ3n) is 5.89. The first-order chi connectivity index (χ1) is 12.2. The molecule has 0 atom stereocenters. The van der Waals surface area contributed by atoms with Gasteiger partial charge in [0.15, 0.2) is 0 Å². The summed E-state index contributed by atoms with van der Waals surface area (Å²) in [5.74, 6) is 0.0846. The first-order valence-electron chi connectivity index (χ1n) is 9.14. The van der Waals surface area contributed by atoms with Crippen LogP contribution in [0.2, 0.25) is 0 Å². The van der Waals surface area contributed by atoms with Gasteiger partial charge in [-0.05, 0) is 61.9 Å². The zero-order valence-electron chi connectivity index (χ0n) is 14.5. The average molecular weight is 339 g/mol. The Hall–Kier alpha value is -2.21. The van der Waals surface area contributed by atoms with Crippen LogP contribution in [0, 0.1) is 5.41 Å². The topological polar surface area (TPSA) is 65.1 Å². The Kier molecular flexibility index (Phi) is 4.53. The molecule has 4 rings (SSSR count). The molecule has 0 unspecified atom stereocenters. The maximum absolute atomic E-state index is 12.4. The van der Waals surface area contributed by atoms with Crippen LogP contribution < -0.4 is 0 Å². The van der Waals surface area contributed by atoms with Crippen LogP contribution in [0.15, 0.2) is 36.8 Å². The second-order valence-electron chi connectivity index (χ2n) is 7.40. The zero-order valence-corrected chi connectivity index (χ0v) is 14.5. The number of hydrogen-bond acceptors (Lipinski definition) is 4. The lowest BCUT2D eigenvalue weighted by atomic mass is 9.71. The van der Waals surface area contributed by atoms with Crippen molar-refractivity contribution in [3.8, 4) is 0 Å². The highest BCUT2D eigenvalue weighted by Gasteiger charge is 2.38. The van der Waals surface area contributed by atoms with Crippen LogP contribution in [0.25, 0.3) is 0 Å². The Bertz CT molecular complexity index is 682. The van der Waals surface area contributed by atoms with E-state index in [-0.39, 0.29) is 5.91 Å². The molecule has 4 heterocycles. The molecule has 0 bridgehead atoms. The Labute approximate surface area is 148 Å². The van der Waals surface area contributed by atoms with Crippen molar-refractivity contribution in [3.05, 3.63) is 48.0 Å². The maximum Gasteiger partial charge on any atom is 0.271 e. The molecule has 132 valence electrons. The van der Waals surface area contributed by atoms with Crippen molar-refractivity contribution in [1.82, 2.24) is 25.0 Å². The van der Waals surface area contributed by atoms with Crippen LogP contribution in [-0.2, 0) is 6.54 Å². The van der Waals surface area contributed by atoms with E-state index in [1.165, 1.54) is 18.4 Å². The molecule has 1 spiro atoms. The van der Waals surface area contributed by atoms with Gasteiger partial charge in [0, 0.05) is 38.2 Å². The highest BCUT2D eigenvalue weighted by Crippen LogP contribution is 2.41. The smallest absolute Gasteiger partial charge is 0.271 e. The molecule has 0 aromatic carbocycles. The van der Waals surface area contributed by atoms with Gasteiger partial charge in [-0.25, -0.2) is 0 Å². The number of pyridine rings is 1. The van der Waals surface area contributed by atoms with Gasteiger partial charge in [-0.3, -0.25) is 19.8 Å². The molecular formula is C19H25N5O.